The monoisotopic (exact) mass is 344 g/mol. The first-order chi connectivity index (χ1) is 12.7. The van der Waals surface area contributed by atoms with Crippen LogP contribution in [0.15, 0.2) is 85.5 Å². The zero-order chi connectivity index (χ0) is 18.4. The standard InChI is InChI=1S/C23H22NO2/c1-3-15-24-21(19-13-9-6-10-14-19)16-20(18-11-7-5-8-12-18)17-22(24)23(25)26-4-2/h3,5-14,16-17H,1,4,15H2,2H3/q+1. The smallest absolute Gasteiger partial charge is 0.403 e. The first kappa shape index (κ1) is 17.6. The van der Waals surface area contributed by atoms with E-state index in [9.17, 15) is 4.79 Å². The predicted molar refractivity (Wildman–Crippen MR) is 104 cm³/mol. The normalized spacial score (nSPS) is 10.3. The first-order valence-electron chi connectivity index (χ1n) is 8.71. The van der Waals surface area contributed by atoms with Gasteiger partial charge in [-0.15, -0.1) is 0 Å². The number of carbonyl (C=O) groups excluding carboxylic acids is 1. The number of esters is 1. The van der Waals surface area contributed by atoms with Gasteiger partial charge in [0.15, 0.2) is 6.54 Å². The van der Waals surface area contributed by atoms with Crippen LogP contribution in [0.2, 0.25) is 0 Å². The van der Waals surface area contributed by atoms with Gasteiger partial charge in [0.25, 0.3) is 5.69 Å². The number of rotatable bonds is 6. The third-order valence-corrected chi connectivity index (χ3v) is 4.14. The molecule has 0 fully saturated rings. The highest BCUT2D eigenvalue weighted by Crippen LogP contribution is 2.25. The minimum atomic E-state index is -0.329. The summed E-state index contributed by atoms with van der Waals surface area (Å²) in [6, 6.07) is 24.1. The Labute approximate surface area is 154 Å². The number of nitrogens with zero attached hydrogens (tertiary/aromatic N) is 1. The quantitative estimate of drug-likeness (QED) is 0.369. The van der Waals surface area contributed by atoms with Crippen molar-refractivity contribution in [3.63, 3.8) is 0 Å². The van der Waals surface area contributed by atoms with Crippen molar-refractivity contribution in [3.05, 3.63) is 91.1 Å². The minimum absolute atomic E-state index is 0.329. The largest absolute Gasteiger partial charge is 0.458 e. The zero-order valence-corrected chi connectivity index (χ0v) is 14.9. The summed E-state index contributed by atoms with van der Waals surface area (Å²) in [5, 5.41) is 0. The zero-order valence-electron chi connectivity index (χ0n) is 14.9. The van der Waals surface area contributed by atoms with Gasteiger partial charge < -0.3 is 4.74 Å². The fraction of sp³-hybridized carbons (Fsp3) is 0.130. The van der Waals surface area contributed by atoms with E-state index in [0.29, 0.717) is 18.8 Å². The fourth-order valence-corrected chi connectivity index (χ4v) is 2.97. The highest BCUT2D eigenvalue weighted by Gasteiger charge is 2.26. The van der Waals surface area contributed by atoms with Crippen LogP contribution in [-0.2, 0) is 11.3 Å². The molecule has 3 aromatic rings. The Balaban J connectivity index is 2.27. The molecule has 0 unspecified atom stereocenters. The van der Waals surface area contributed by atoms with Gasteiger partial charge in [0.2, 0.25) is 5.69 Å². The van der Waals surface area contributed by atoms with Crippen molar-refractivity contribution in [1.29, 1.82) is 0 Å². The Morgan fingerprint density at radius 3 is 2.15 bits per heavy atom. The van der Waals surface area contributed by atoms with Crippen LogP contribution in [0.5, 0.6) is 0 Å². The number of benzene rings is 2. The summed E-state index contributed by atoms with van der Waals surface area (Å²) < 4.78 is 7.25. The summed E-state index contributed by atoms with van der Waals surface area (Å²) in [7, 11) is 0. The van der Waals surface area contributed by atoms with Crippen LogP contribution < -0.4 is 4.57 Å². The molecule has 0 aliphatic carbocycles. The van der Waals surface area contributed by atoms with Crippen molar-refractivity contribution in [3.8, 4) is 22.4 Å². The minimum Gasteiger partial charge on any atom is -0.458 e. The van der Waals surface area contributed by atoms with Crippen LogP contribution >= 0.6 is 0 Å². The van der Waals surface area contributed by atoms with Gasteiger partial charge in [0.05, 0.1) is 6.61 Å². The SMILES string of the molecule is C=CC[n+]1c(C(=O)OCC)cc(-c2ccccc2)cc1-c1ccccc1. The maximum Gasteiger partial charge on any atom is 0.403 e. The molecule has 0 bridgehead atoms. The average Bonchev–Trinajstić information content (AvgIpc) is 2.70. The number of ether oxygens (including phenoxy) is 1. The molecule has 2 aromatic carbocycles. The molecule has 0 spiro atoms. The lowest BCUT2D eigenvalue weighted by molar-refractivity contribution is -0.678. The third-order valence-electron chi connectivity index (χ3n) is 4.14. The molecule has 0 radical (unpaired) electrons. The molecule has 1 aromatic heterocycles. The van der Waals surface area contributed by atoms with E-state index >= 15 is 0 Å². The first-order valence-corrected chi connectivity index (χ1v) is 8.71. The number of allylic oxidation sites excluding steroid dienone is 1. The molecule has 3 heteroatoms. The third kappa shape index (κ3) is 3.72. The summed E-state index contributed by atoms with van der Waals surface area (Å²) in [5.74, 6) is -0.329. The van der Waals surface area contributed by atoms with E-state index < -0.39 is 0 Å². The van der Waals surface area contributed by atoms with Crippen molar-refractivity contribution in [2.45, 2.75) is 13.5 Å². The molecule has 0 saturated heterocycles. The van der Waals surface area contributed by atoms with E-state index in [1.165, 1.54) is 0 Å². The van der Waals surface area contributed by atoms with Crippen LogP contribution in [0.1, 0.15) is 17.4 Å². The summed E-state index contributed by atoms with van der Waals surface area (Å²) >= 11 is 0. The van der Waals surface area contributed by atoms with Gasteiger partial charge in [0, 0.05) is 17.7 Å². The summed E-state index contributed by atoms with van der Waals surface area (Å²) in [6.45, 7) is 6.52. The topological polar surface area (TPSA) is 30.2 Å². The fourth-order valence-electron chi connectivity index (χ4n) is 2.97. The molecule has 0 aliphatic rings. The second-order valence-corrected chi connectivity index (χ2v) is 5.87. The van der Waals surface area contributed by atoms with Gasteiger partial charge >= 0.3 is 5.97 Å². The van der Waals surface area contributed by atoms with E-state index in [4.69, 9.17) is 4.74 Å². The molecule has 3 nitrogen and oxygen atoms in total. The second-order valence-electron chi connectivity index (χ2n) is 5.87. The number of hydrogen-bond donors (Lipinski definition) is 0. The molecule has 26 heavy (non-hydrogen) atoms. The average molecular weight is 344 g/mol. The molecular weight excluding hydrogens is 322 g/mol. The maximum atomic E-state index is 12.6. The molecule has 0 saturated carbocycles. The number of aromatic nitrogens is 1. The molecule has 0 aliphatic heterocycles. The van der Waals surface area contributed by atoms with E-state index in [0.717, 1.165) is 22.4 Å². The Hall–Kier alpha value is -3.20. The van der Waals surface area contributed by atoms with Crippen LogP contribution in [0.4, 0.5) is 0 Å². The van der Waals surface area contributed by atoms with Crippen LogP contribution in [0.25, 0.3) is 22.4 Å². The summed E-state index contributed by atoms with van der Waals surface area (Å²) in [6.07, 6.45) is 1.79. The number of hydrogen-bond acceptors (Lipinski definition) is 2. The second kappa shape index (κ2) is 8.26. The Morgan fingerprint density at radius 1 is 0.962 bits per heavy atom. The van der Waals surface area contributed by atoms with Gasteiger partial charge in [-0.05, 0) is 36.3 Å². The van der Waals surface area contributed by atoms with E-state index in [-0.39, 0.29) is 5.97 Å². The van der Waals surface area contributed by atoms with Crippen LogP contribution in [-0.4, -0.2) is 12.6 Å². The highest BCUT2D eigenvalue weighted by molar-refractivity contribution is 5.88. The predicted octanol–water partition coefficient (Wildman–Crippen LogP) is 4.67. The maximum absolute atomic E-state index is 12.6. The molecule has 0 N–H and O–H groups in total. The van der Waals surface area contributed by atoms with Gasteiger partial charge in [-0.3, -0.25) is 0 Å². The Bertz CT molecular complexity index is 902. The van der Waals surface area contributed by atoms with Gasteiger partial charge in [-0.2, -0.15) is 4.57 Å². The summed E-state index contributed by atoms with van der Waals surface area (Å²) in [4.78, 5) is 12.6. The van der Waals surface area contributed by atoms with Crippen molar-refractivity contribution >= 4 is 5.97 Å². The van der Waals surface area contributed by atoms with Gasteiger partial charge in [-0.1, -0.05) is 55.1 Å². The molecular formula is C23H22NO2+. The van der Waals surface area contributed by atoms with Crippen molar-refractivity contribution in [2.75, 3.05) is 6.61 Å². The van der Waals surface area contributed by atoms with Crippen molar-refractivity contribution < 1.29 is 14.1 Å². The van der Waals surface area contributed by atoms with E-state index in [1.54, 1.807) is 6.08 Å². The van der Waals surface area contributed by atoms with E-state index in [1.807, 2.05) is 78.2 Å². The lowest BCUT2D eigenvalue weighted by Crippen LogP contribution is -2.42. The van der Waals surface area contributed by atoms with Crippen LogP contribution in [0, 0.1) is 0 Å². The Kier molecular flexibility index (Phi) is 5.59. The van der Waals surface area contributed by atoms with Crippen molar-refractivity contribution in [1.82, 2.24) is 0 Å². The lowest BCUT2D eigenvalue weighted by Gasteiger charge is -2.11. The molecule has 0 atom stereocenters. The summed E-state index contributed by atoms with van der Waals surface area (Å²) in [5.41, 5.74) is 4.55. The Morgan fingerprint density at radius 2 is 1.58 bits per heavy atom. The number of pyridine rings is 1. The number of carbonyl (C=O) groups is 1. The van der Waals surface area contributed by atoms with Crippen molar-refractivity contribution in [2.24, 2.45) is 0 Å². The highest BCUT2D eigenvalue weighted by atomic mass is 16.5. The molecule has 3 rings (SSSR count). The van der Waals surface area contributed by atoms with Gasteiger partial charge in [0.1, 0.15) is 0 Å². The molecule has 1 heterocycles. The van der Waals surface area contributed by atoms with Gasteiger partial charge in [-0.25, -0.2) is 4.79 Å². The van der Waals surface area contributed by atoms with E-state index in [2.05, 4.69) is 12.6 Å². The lowest BCUT2D eigenvalue weighted by atomic mass is 10.0. The van der Waals surface area contributed by atoms with Crippen LogP contribution in [0.3, 0.4) is 0 Å². The molecule has 0 amide bonds. The molecule has 130 valence electrons.